The number of nitrogens with zero attached hydrogens (tertiary/aromatic N) is 1. The fourth-order valence-electron chi connectivity index (χ4n) is 0.565. The summed E-state index contributed by atoms with van der Waals surface area (Å²) in [6.07, 6.45) is -10.9. The Morgan fingerprint density at radius 1 is 0.923 bits per heavy atom. The molecule has 0 bridgehead atoms. The summed E-state index contributed by atoms with van der Waals surface area (Å²) in [6, 6.07) is 0. The molecule has 0 saturated carbocycles. The lowest BCUT2D eigenvalue weighted by molar-refractivity contribution is -0.117. The molecule has 0 fully saturated rings. The van der Waals surface area contributed by atoms with E-state index in [1.807, 2.05) is 0 Å². The molecule has 0 heterocycles. The Morgan fingerprint density at radius 3 is 1.31 bits per heavy atom. The monoisotopic (exact) mass is 205 g/mol. The highest BCUT2D eigenvalue weighted by Crippen LogP contribution is 2.30. The molecule has 0 rings (SSSR count). The molecule has 0 spiro atoms. The summed E-state index contributed by atoms with van der Waals surface area (Å²) in [7, 11) is 0. The third-order valence-corrected chi connectivity index (χ3v) is 0.924. The lowest BCUT2D eigenvalue weighted by Crippen LogP contribution is -2.38. The number of hydrogen-bond donors (Lipinski definition) is 0. The zero-order valence-corrected chi connectivity index (χ0v) is 6.79. The van der Waals surface area contributed by atoms with E-state index in [1.165, 1.54) is 0 Å². The van der Waals surface area contributed by atoms with Gasteiger partial charge in [0, 0.05) is 0 Å². The van der Waals surface area contributed by atoms with Crippen LogP contribution in [0.25, 0.3) is 0 Å². The molecule has 13 heavy (non-hydrogen) atoms. The zero-order valence-electron chi connectivity index (χ0n) is 6.79. The molecule has 8 heteroatoms. The first kappa shape index (κ1) is 12.3. The van der Waals surface area contributed by atoms with Gasteiger partial charge in [-0.3, -0.25) is 0 Å². The van der Waals surface area contributed by atoms with Crippen LogP contribution in [0.5, 0.6) is 0 Å². The summed E-state index contributed by atoms with van der Waals surface area (Å²) < 4.78 is 70.4. The van der Waals surface area contributed by atoms with Gasteiger partial charge in [0.05, 0.1) is 0 Å². The fraction of sp³-hybridized carbons (Fsp3) is 0.800. The van der Waals surface area contributed by atoms with E-state index in [2.05, 4.69) is 4.90 Å². The Morgan fingerprint density at radius 2 is 1.23 bits per heavy atom. The highest BCUT2D eigenvalue weighted by molar-refractivity contribution is 6.55. The van der Waals surface area contributed by atoms with Crippen LogP contribution in [0.3, 0.4) is 0 Å². The van der Waals surface area contributed by atoms with Crippen molar-refractivity contribution in [3.63, 3.8) is 0 Å². The van der Waals surface area contributed by atoms with Crippen molar-refractivity contribution in [2.45, 2.75) is 26.0 Å². The van der Waals surface area contributed by atoms with Crippen LogP contribution in [0.1, 0.15) is 0 Å². The van der Waals surface area contributed by atoms with Gasteiger partial charge in [-0.25, -0.2) is 0 Å². The number of rotatable bonds is 1. The minimum Gasteiger partial charge on any atom is -0.335 e. The molecule has 0 aliphatic carbocycles. The Bertz CT molecular complexity index is 186. The van der Waals surface area contributed by atoms with Crippen molar-refractivity contribution in [1.82, 2.24) is 0 Å². The molecule has 0 atom stereocenters. The molecule has 0 N–H and O–H groups in total. The molecule has 0 amide bonds. The third kappa shape index (κ3) is 4.19. The normalized spacial score (nSPS) is 12.6. The number of hydrogen-bond acceptors (Lipinski definition) is 1. The smallest absolute Gasteiger partial charge is 0.335 e. The van der Waals surface area contributed by atoms with Crippen LogP contribution < -0.4 is 0 Å². The second-order valence-electron chi connectivity index (χ2n) is 2.57. The van der Waals surface area contributed by atoms with Gasteiger partial charge in [0.25, 0.3) is 6.85 Å². The average molecular weight is 205 g/mol. The van der Waals surface area contributed by atoms with Crippen LogP contribution in [0, 0.1) is 0 Å². The molecular formula is C5H6BF6N. The first-order valence-corrected chi connectivity index (χ1v) is 3.27. The van der Waals surface area contributed by atoms with Crippen molar-refractivity contribution in [3.8, 4) is 0 Å². The van der Waals surface area contributed by atoms with Gasteiger partial charge in [-0.1, -0.05) is 13.6 Å². The fourth-order valence-corrected chi connectivity index (χ4v) is 0.565. The van der Waals surface area contributed by atoms with Crippen molar-refractivity contribution in [1.29, 1.82) is 0 Å². The van der Waals surface area contributed by atoms with Crippen LogP contribution in [0.15, 0.2) is 4.90 Å². The van der Waals surface area contributed by atoms with E-state index in [0.717, 1.165) is 13.6 Å². The van der Waals surface area contributed by atoms with Gasteiger partial charge < -0.3 is 4.90 Å². The zero-order chi connectivity index (χ0) is 10.9. The lowest BCUT2D eigenvalue weighted by atomic mass is 9.69. The van der Waals surface area contributed by atoms with E-state index in [-0.39, 0.29) is 0 Å². The van der Waals surface area contributed by atoms with Crippen LogP contribution in [0.2, 0.25) is 13.6 Å². The Kier molecular flexibility index (Phi) is 3.40. The van der Waals surface area contributed by atoms with Crippen molar-refractivity contribution in [2.24, 2.45) is 4.90 Å². The van der Waals surface area contributed by atoms with Gasteiger partial charge in [0.1, 0.15) is 0 Å². The molecular weight excluding hydrogens is 199 g/mol. The van der Waals surface area contributed by atoms with Crippen LogP contribution in [-0.2, 0) is 0 Å². The summed E-state index contributed by atoms with van der Waals surface area (Å²) in [4.78, 5) is 2.49. The van der Waals surface area contributed by atoms with Gasteiger partial charge in [-0.15, -0.1) is 0 Å². The predicted molar refractivity (Wildman–Crippen MR) is 37.0 cm³/mol. The molecule has 0 aliphatic heterocycles. The number of halogens is 6. The molecule has 0 aromatic rings. The van der Waals surface area contributed by atoms with E-state index >= 15 is 0 Å². The second-order valence-corrected chi connectivity index (χ2v) is 2.57. The summed E-state index contributed by atoms with van der Waals surface area (Å²) in [6.45, 7) is 1.23. The van der Waals surface area contributed by atoms with Crippen LogP contribution in [0.4, 0.5) is 26.3 Å². The Balaban J connectivity index is 5.01. The maximum absolute atomic E-state index is 11.7. The van der Waals surface area contributed by atoms with E-state index in [4.69, 9.17) is 0 Å². The highest BCUT2D eigenvalue weighted by Gasteiger charge is 2.52. The third-order valence-electron chi connectivity index (χ3n) is 0.924. The molecule has 0 saturated heterocycles. The molecule has 0 radical (unpaired) electrons. The van der Waals surface area contributed by atoms with Gasteiger partial charge in [0.15, 0.2) is 0 Å². The van der Waals surface area contributed by atoms with Crippen molar-refractivity contribution >= 4 is 12.6 Å². The topological polar surface area (TPSA) is 12.4 Å². The van der Waals surface area contributed by atoms with Crippen molar-refractivity contribution < 1.29 is 26.3 Å². The molecule has 0 unspecified atom stereocenters. The number of alkyl halides is 6. The largest absolute Gasteiger partial charge is 0.436 e. The van der Waals surface area contributed by atoms with Gasteiger partial charge in [-0.05, 0) is 0 Å². The van der Waals surface area contributed by atoms with Crippen molar-refractivity contribution in [3.05, 3.63) is 0 Å². The summed E-state index contributed by atoms with van der Waals surface area (Å²) >= 11 is 0. The summed E-state index contributed by atoms with van der Waals surface area (Å²) in [5, 5.41) is 0. The summed E-state index contributed by atoms with van der Waals surface area (Å²) in [5.74, 6) is 0. The molecule has 1 nitrogen and oxygen atoms in total. The van der Waals surface area contributed by atoms with E-state index < -0.39 is 24.9 Å². The SMILES string of the molecule is CB(C)N=C(C(F)(F)F)C(F)(F)F. The molecule has 0 aromatic heterocycles. The molecule has 0 aliphatic rings. The van der Waals surface area contributed by atoms with Gasteiger partial charge in [-0.2, -0.15) is 26.3 Å². The second kappa shape index (κ2) is 3.59. The predicted octanol–water partition coefficient (Wildman–Crippen LogP) is 2.80. The van der Waals surface area contributed by atoms with Gasteiger partial charge in [0.2, 0.25) is 5.71 Å². The standard InChI is InChI=1S/C5H6BF6N/c1-6(2)13-3(4(7,8)9)5(10,11)12/h1-2H3. The molecule has 76 valence electrons. The average Bonchev–Trinajstić information content (AvgIpc) is 1.77. The van der Waals surface area contributed by atoms with Gasteiger partial charge >= 0.3 is 12.4 Å². The Hall–Kier alpha value is -0.685. The van der Waals surface area contributed by atoms with E-state index in [0.29, 0.717) is 0 Å². The van der Waals surface area contributed by atoms with Crippen LogP contribution >= 0.6 is 0 Å². The van der Waals surface area contributed by atoms with E-state index in [1.54, 1.807) is 0 Å². The van der Waals surface area contributed by atoms with Crippen LogP contribution in [-0.4, -0.2) is 24.9 Å². The molecule has 0 aromatic carbocycles. The summed E-state index contributed by atoms with van der Waals surface area (Å²) in [5.41, 5.74) is -2.69. The quantitative estimate of drug-likeness (QED) is 0.354. The Labute approximate surface area is 70.9 Å². The highest BCUT2D eigenvalue weighted by atomic mass is 19.4. The van der Waals surface area contributed by atoms with Crippen molar-refractivity contribution in [2.75, 3.05) is 0 Å². The first-order valence-electron chi connectivity index (χ1n) is 3.27. The minimum atomic E-state index is -5.44. The maximum Gasteiger partial charge on any atom is 0.436 e. The lowest BCUT2D eigenvalue weighted by Gasteiger charge is -2.14. The maximum atomic E-state index is 11.7. The minimum absolute atomic E-state index is 1.04. The first-order chi connectivity index (χ1) is 5.55. The van der Waals surface area contributed by atoms with E-state index in [9.17, 15) is 26.3 Å².